The molecule has 0 fully saturated rings. The molecule has 4 rings (SSSR count). The summed E-state index contributed by atoms with van der Waals surface area (Å²) >= 11 is 0. The van der Waals surface area contributed by atoms with Gasteiger partial charge in [0.15, 0.2) is 0 Å². The Balaban J connectivity index is 1.81. The van der Waals surface area contributed by atoms with E-state index in [4.69, 9.17) is 0 Å². The van der Waals surface area contributed by atoms with E-state index in [1.54, 1.807) is 12.4 Å². The Morgan fingerprint density at radius 1 is 1.26 bits per heavy atom. The summed E-state index contributed by atoms with van der Waals surface area (Å²) in [5, 5.41) is 12.6. The van der Waals surface area contributed by atoms with Crippen LogP contribution in [0.2, 0.25) is 0 Å². The molecule has 2 aromatic heterocycles. The molecule has 4 nitrogen and oxygen atoms in total. The zero-order valence-electron chi connectivity index (χ0n) is 16.7. The lowest BCUT2D eigenvalue weighted by molar-refractivity contribution is 0.0376. The minimum absolute atomic E-state index is 0.304. The topological polar surface area (TPSA) is 41.3 Å². The van der Waals surface area contributed by atoms with E-state index in [1.165, 1.54) is 27.7 Å². The number of nitrogens with zero attached hydrogens (tertiary/aromatic N) is 3. The fourth-order valence-electron chi connectivity index (χ4n) is 4.68. The van der Waals surface area contributed by atoms with Crippen LogP contribution in [0.1, 0.15) is 48.1 Å². The van der Waals surface area contributed by atoms with Crippen molar-refractivity contribution in [2.45, 2.75) is 44.8 Å². The third kappa shape index (κ3) is 3.28. The highest BCUT2D eigenvalue weighted by atomic mass is 16.3. The zero-order valence-corrected chi connectivity index (χ0v) is 16.7. The van der Waals surface area contributed by atoms with E-state index in [9.17, 15) is 5.11 Å². The van der Waals surface area contributed by atoms with Gasteiger partial charge in [0.25, 0.3) is 0 Å². The van der Waals surface area contributed by atoms with Gasteiger partial charge in [-0.3, -0.25) is 4.98 Å². The largest absolute Gasteiger partial charge is 0.385 e. The molecule has 0 saturated heterocycles. The van der Waals surface area contributed by atoms with Crippen molar-refractivity contribution < 1.29 is 5.11 Å². The molecule has 3 heterocycles. The highest BCUT2D eigenvalue weighted by Crippen LogP contribution is 2.41. The van der Waals surface area contributed by atoms with E-state index in [1.807, 2.05) is 19.1 Å². The monoisotopic (exact) mass is 363 g/mol. The Morgan fingerprint density at radius 2 is 2.07 bits per heavy atom. The van der Waals surface area contributed by atoms with Crippen molar-refractivity contribution in [2.24, 2.45) is 7.05 Å². The van der Waals surface area contributed by atoms with Crippen molar-refractivity contribution in [3.05, 3.63) is 65.1 Å². The number of pyridine rings is 1. The molecule has 0 amide bonds. The smallest absolute Gasteiger partial charge is 0.0889 e. The van der Waals surface area contributed by atoms with Crippen molar-refractivity contribution in [3.63, 3.8) is 0 Å². The van der Waals surface area contributed by atoms with Crippen LogP contribution in [0.5, 0.6) is 0 Å². The maximum atomic E-state index is 11.3. The van der Waals surface area contributed by atoms with Gasteiger partial charge in [-0.05, 0) is 64.0 Å². The van der Waals surface area contributed by atoms with Crippen molar-refractivity contribution in [1.29, 1.82) is 0 Å². The molecule has 1 aromatic carbocycles. The second-order valence-corrected chi connectivity index (χ2v) is 8.39. The van der Waals surface area contributed by atoms with E-state index in [0.29, 0.717) is 12.3 Å². The van der Waals surface area contributed by atoms with Gasteiger partial charge in [-0.25, -0.2) is 0 Å². The van der Waals surface area contributed by atoms with Gasteiger partial charge in [-0.1, -0.05) is 17.7 Å². The van der Waals surface area contributed by atoms with Crippen LogP contribution >= 0.6 is 0 Å². The quantitative estimate of drug-likeness (QED) is 0.762. The van der Waals surface area contributed by atoms with E-state index in [2.05, 4.69) is 53.7 Å². The second-order valence-electron chi connectivity index (χ2n) is 8.39. The number of rotatable bonds is 3. The summed E-state index contributed by atoms with van der Waals surface area (Å²) in [6, 6.07) is 10.6. The zero-order chi connectivity index (χ0) is 19.2. The molecule has 2 atom stereocenters. The Bertz CT molecular complexity index is 959. The standard InChI is InChI=1S/C23H29N3O/c1-16-7-8-21-19(12-16)20-15-25(3)11-9-17(22(20)26(21)4)13-23(2,27)18-6-5-10-24-14-18/h5-8,10,12,14,17,27H,9,11,13,15H2,1-4H3. The number of aliphatic hydroxyl groups is 1. The van der Waals surface area contributed by atoms with E-state index < -0.39 is 5.60 Å². The summed E-state index contributed by atoms with van der Waals surface area (Å²) in [6.45, 7) is 6.08. The Morgan fingerprint density at radius 3 is 2.81 bits per heavy atom. The lowest BCUT2D eigenvalue weighted by Gasteiger charge is -2.29. The summed E-state index contributed by atoms with van der Waals surface area (Å²) in [4.78, 5) is 6.61. The van der Waals surface area contributed by atoms with Crippen LogP contribution in [0.4, 0.5) is 0 Å². The van der Waals surface area contributed by atoms with E-state index >= 15 is 0 Å². The second kappa shape index (κ2) is 6.77. The van der Waals surface area contributed by atoms with Crippen LogP contribution in [-0.4, -0.2) is 33.1 Å². The molecule has 3 aromatic rings. The molecule has 142 valence electrons. The third-order valence-electron chi connectivity index (χ3n) is 6.11. The highest BCUT2D eigenvalue weighted by molar-refractivity contribution is 5.86. The number of aromatic nitrogens is 2. The Hall–Kier alpha value is -2.17. The molecule has 0 saturated carbocycles. The minimum Gasteiger partial charge on any atom is -0.385 e. The minimum atomic E-state index is -0.897. The van der Waals surface area contributed by atoms with Crippen molar-refractivity contribution >= 4 is 10.9 Å². The number of fused-ring (bicyclic) bond motifs is 3. The van der Waals surface area contributed by atoms with E-state index in [0.717, 1.165) is 25.1 Å². The lowest BCUT2D eigenvalue weighted by atomic mass is 9.83. The molecule has 1 N–H and O–H groups in total. The first-order valence-corrected chi connectivity index (χ1v) is 9.76. The molecule has 2 unspecified atom stereocenters. The molecular weight excluding hydrogens is 334 g/mol. The van der Waals surface area contributed by atoms with Crippen LogP contribution < -0.4 is 0 Å². The number of aryl methyl sites for hydroxylation is 2. The summed E-state index contributed by atoms with van der Waals surface area (Å²) in [7, 11) is 4.37. The molecule has 0 radical (unpaired) electrons. The van der Waals surface area contributed by atoms with Gasteiger partial charge in [-0.2, -0.15) is 0 Å². The molecule has 27 heavy (non-hydrogen) atoms. The molecule has 1 aliphatic heterocycles. The first kappa shape index (κ1) is 18.2. The molecular formula is C23H29N3O. The molecule has 0 spiro atoms. The van der Waals surface area contributed by atoms with Crippen molar-refractivity contribution in [2.75, 3.05) is 13.6 Å². The summed E-state index contributed by atoms with van der Waals surface area (Å²) in [5.41, 5.74) is 5.37. The number of hydrogen-bond acceptors (Lipinski definition) is 3. The highest BCUT2D eigenvalue weighted by Gasteiger charge is 2.33. The molecule has 0 aliphatic carbocycles. The predicted molar refractivity (Wildman–Crippen MR) is 110 cm³/mol. The summed E-state index contributed by atoms with van der Waals surface area (Å²) in [6.07, 6.45) is 5.28. The fraction of sp³-hybridized carbons (Fsp3) is 0.435. The van der Waals surface area contributed by atoms with Gasteiger partial charge in [0.05, 0.1) is 5.60 Å². The number of benzene rings is 1. The lowest BCUT2D eigenvalue weighted by Crippen LogP contribution is -2.26. The maximum absolute atomic E-state index is 11.3. The normalized spacial score (nSPS) is 20.3. The van der Waals surface area contributed by atoms with Gasteiger partial charge in [0.1, 0.15) is 0 Å². The van der Waals surface area contributed by atoms with Crippen LogP contribution in [0.15, 0.2) is 42.7 Å². The third-order valence-corrected chi connectivity index (χ3v) is 6.11. The molecule has 0 bridgehead atoms. The predicted octanol–water partition coefficient (Wildman–Crippen LogP) is 4.10. The van der Waals surface area contributed by atoms with Crippen molar-refractivity contribution in [1.82, 2.24) is 14.5 Å². The summed E-state index contributed by atoms with van der Waals surface area (Å²) < 4.78 is 2.35. The number of hydrogen-bond donors (Lipinski definition) is 1. The van der Waals surface area contributed by atoms with Gasteiger partial charge in [-0.15, -0.1) is 0 Å². The van der Waals surface area contributed by atoms with Gasteiger partial charge >= 0.3 is 0 Å². The average molecular weight is 364 g/mol. The average Bonchev–Trinajstić information content (AvgIpc) is 2.80. The summed E-state index contributed by atoms with van der Waals surface area (Å²) in [5.74, 6) is 0.304. The molecule has 4 heteroatoms. The van der Waals surface area contributed by atoms with Gasteiger partial charge < -0.3 is 14.6 Å². The Kier molecular flexibility index (Phi) is 4.57. The first-order valence-electron chi connectivity index (χ1n) is 9.76. The maximum Gasteiger partial charge on any atom is 0.0889 e. The SMILES string of the molecule is Cc1ccc2c(c1)c1c(n2C)C(CC(C)(O)c2cccnc2)CCN(C)C1. The molecule has 1 aliphatic rings. The van der Waals surface area contributed by atoms with Crippen LogP contribution in [0.3, 0.4) is 0 Å². The van der Waals surface area contributed by atoms with Gasteiger partial charge in [0.2, 0.25) is 0 Å². The first-order chi connectivity index (χ1) is 12.9. The van der Waals surface area contributed by atoms with Crippen LogP contribution in [0, 0.1) is 6.92 Å². The van der Waals surface area contributed by atoms with Gasteiger partial charge in [0, 0.05) is 54.1 Å². The van der Waals surface area contributed by atoms with Crippen LogP contribution in [-0.2, 0) is 19.2 Å². The van der Waals surface area contributed by atoms with Crippen LogP contribution in [0.25, 0.3) is 10.9 Å². The van der Waals surface area contributed by atoms with Crippen molar-refractivity contribution in [3.8, 4) is 0 Å². The Labute approximate surface area is 161 Å². The fourth-order valence-corrected chi connectivity index (χ4v) is 4.68. The van der Waals surface area contributed by atoms with E-state index in [-0.39, 0.29) is 0 Å².